The van der Waals surface area contributed by atoms with Gasteiger partial charge < -0.3 is 25.4 Å². The van der Waals surface area contributed by atoms with Gasteiger partial charge in [0.15, 0.2) is 5.69 Å². The molecule has 8 nitrogen and oxygen atoms in total. The SMILES string of the molecule is Cc1ccc([C@H](CC(=O)O)NC(=O)Nc2c(O)ccn(Cc3cccc(Cl)c3)c2=O)cc1. The Labute approximate surface area is 189 Å². The topological polar surface area (TPSA) is 121 Å². The van der Waals surface area contributed by atoms with Gasteiger partial charge >= 0.3 is 12.0 Å². The van der Waals surface area contributed by atoms with Gasteiger partial charge in [0.1, 0.15) is 5.75 Å². The molecule has 0 aliphatic heterocycles. The van der Waals surface area contributed by atoms with Crippen LogP contribution < -0.4 is 16.2 Å². The number of aromatic hydroxyl groups is 1. The van der Waals surface area contributed by atoms with Crippen LogP contribution in [-0.4, -0.2) is 26.8 Å². The van der Waals surface area contributed by atoms with Crippen molar-refractivity contribution in [3.8, 4) is 5.75 Å². The highest BCUT2D eigenvalue weighted by molar-refractivity contribution is 6.30. The largest absolute Gasteiger partial charge is 0.505 e. The molecule has 0 unspecified atom stereocenters. The molecule has 2 aromatic carbocycles. The second kappa shape index (κ2) is 10.0. The van der Waals surface area contributed by atoms with Crippen molar-refractivity contribution in [2.75, 3.05) is 5.32 Å². The molecule has 1 atom stereocenters. The molecule has 0 aliphatic carbocycles. The molecular weight excluding hydrogens is 434 g/mol. The number of nitrogens with one attached hydrogen (secondary N) is 2. The van der Waals surface area contributed by atoms with Crippen molar-refractivity contribution in [3.05, 3.63) is 92.9 Å². The van der Waals surface area contributed by atoms with Crippen LogP contribution in [0.15, 0.2) is 65.6 Å². The fourth-order valence-corrected chi connectivity index (χ4v) is 3.39. The van der Waals surface area contributed by atoms with Gasteiger partial charge in [-0.15, -0.1) is 0 Å². The smallest absolute Gasteiger partial charge is 0.319 e. The van der Waals surface area contributed by atoms with Crippen molar-refractivity contribution < 1.29 is 19.8 Å². The first-order chi connectivity index (χ1) is 15.2. The lowest BCUT2D eigenvalue weighted by Gasteiger charge is -2.18. The van der Waals surface area contributed by atoms with Crippen LogP contribution in [0.3, 0.4) is 0 Å². The molecule has 0 fully saturated rings. The lowest BCUT2D eigenvalue weighted by atomic mass is 10.0. The summed E-state index contributed by atoms with van der Waals surface area (Å²) in [5.41, 5.74) is 1.42. The Kier molecular flexibility index (Phi) is 7.17. The van der Waals surface area contributed by atoms with E-state index >= 15 is 0 Å². The second-order valence-electron chi connectivity index (χ2n) is 7.30. The zero-order chi connectivity index (χ0) is 23.3. The third-order valence-electron chi connectivity index (χ3n) is 4.79. The normalized spacial score (nSPS) is 11.6. The molecule has 32 heavy (non-hydrogen) atoms. The second-order valence-corrected chi connectivity index (χ2v) is 7.73. The predicted octanol–water partition coefficient (Wildman–Crippen LogP) is 3.90. The molecule has 3 aromatic rings. The highest BCUT2D eigenvalue weighted by atomic mass is 35.5. The minimum Gasteiger partial charge on any atom is -0.505 e. The van der Waals surface area contributed by atoms with Gasteiger partial charge in [-0.25, -0.2) is 4.79 Å². The van der Waals surface area contributed by atoms with Crippen molar-refractivity contribution in [1.29, 1.82) is 0 Å². The van der Waals surface area contributed by atoms with Crippen LogP contribution in [0.25, 0.3) is 0 Å². The van der Waals surface area contributed by atoms with Crippen molar-refractivity contribution in [2.45, 2.75) is 25.9 Å². The Hall–Kier alpha value is -3.78. The molecule has 0 bridgehead atoms. The summed E-state index contributed by atoms with van der Waals surface area (Å²) in [6.07, 6.45) is 1.05. The molecule has 0 radical (unpaired) electrons. The minimum atomic E-state index is -1.10. The summed E-state index contributed by atoms with van der Waals surface area (Å²) in [6.45, 7) is 2.07. The Morgan fingerprint density at radius 1 is 1.12 bits per heavy atom. The first-order valence-electron chi connectivity index (χ1n) is 9.75. The number of benzene rings is 2. The lowest BCUT2D eigenvalue weighted by Crippen LogP contribution is -2.36. The number of hydrogen-bond donors (Lipinski definition) is 4. The summed E-state index contributed by atoms with van der Waals surface area (Å²) in [5.74, 6) is -1.50. The van der Waals surface area contributed by atoms with Crippen LogP contribution in [0.4, 0.5) is 10.5 Å². The van der Waals surface area contributed by atoms with Gasteiger partial charge in [-0.05, 0) is 36.2 Å². The maximum atomic E-state index is 12.8. The van der Waals surface area contributed by atoms with Crippen LogP contribution in [0.1, 0.15) is 29.2 Å². The van der Waals surface area contributed by atoms with Crippen molar-refractivity contribution >= 4 is 29.3 Å². The number of hydrogen-bond acceptors (Lipinski definition) is 4. The Bertz CT molecular complexity index is 1190. The zero-order valence-corrected chi connectivity index (χ0v) is 18.0. The average molecular weight is 456 g/mol. The van der Waals surface area contributed by atoms with E-state index in [4.69, 9.17) is 11.6 Å². The number of carbonyl (C=O) groups is 2. The molecule has 4 N–H and O–H groups in total. The summed E-state index contributed by atoms with van der Waals surface area (Å²) in [6, 6.07) is 13.7. The highest BCUT2D eigenvalue weighted by Crippen LogP contribution is 2.21. The number of aryl methyl sites for hydroxylation is 1. The maximum Gasteiger partial charge on any atom is 0.319 e. The van der Waals surface area contributed by atoms with Crippen molar-refractivity contribution in [3.63, 3.8) is 0 Å². The van der Waals surface area contributed by atoms with Crippen LogP contribution in [-0.2, 0) is 11.3 Å². The monoisotopic (exact) mass is 455 g/mol. The molecule has 0 saturated heterocycles. The van der Waals surface area contributed by atoms with Crippen molar-refractivity contribution in [2.24, 2.45) is 0 Å². The van der Waals surface area contributed by atoms with Gasteiger partial charge in [-0.2, -0.15) is 0 Å². The van der Waals surface area contributed by atoms with E-state index < -0.39 is 29.4 Å². The average Bonchev–Trinajstić information content (AvgIpc) is 2.73. The number of carbonyl (C=O) groups excluding carboxylic acids is 1. The van der Waals surface area contributed by atoms with E-state index in [-0.39, 0.29) is 18.7 Å². The quantitative estimate of drug-likeness (QED) is 0.430. The van der Waals surface area contributed by atoms with Gasteiger partial charge in [0.2, 0.25) is 0 Å². The number of rotatable bonds is 7. The number of urea groups is 1. The van der Waals surface area contributed by atoms with E-state index in [9.17, 15) is 24.6 Å². The fraction of sp³-hybridized carbons (Fsp3) is 0.174. The number of nitrogens with zero attached hydrogens (tertiary/aromatic N) is 1. The third-order valence-corrected chi connectivity index (χ3v) is 5.02. The lowest BCUT2D eigenvalue weighted by molar-refractivity contribution is -0.137. The van der Waals surface area contributed by atoms with Gasteiger partial charge in [-0.1, -0.05) is 53.6 Å². The van der Waals surface area contributed by atoms with Gasteiger partial charge in [0, 0.05) is 11.2 Å². The molecule has 0 spiro atoms. The first kappa shape index (κ1) is 22.9. The standard InChI is InChI=1S/C23H22ClN3O5/c1-14-5-7-16(8-6-14)18(12-20(29)30)25-23(32)26-21-19(28)9-10-27(22(21)31)13-15-3-2-4-17(24)11-15/h2-11,18,28H,12-13H2,1H3,(H,29,30)(H2,25,26,32)/t18-/m0/s1. The fourth-order valence-electron chi connectivity index (χ4n) is 3.17. The molecule has 2 amide bonds. The number of amides is 2. The molecule has 0 saturated carbocycles. The van der Waals surface area contributed by atoms with E-state index in [1.54, 1.807) is 48.5 Å². The zero-order valence-electron chi connectivity index (χ0n) is 17.2. The van der Waals surface area contributed by atoms with Crippen LogP contribution in [0.2, 0.25) is 5.02 Å². The minimum absolute atomic E-state index is 0.182. The number of anilines is 1. The highest BCUT2D eigenvalue weighted by Gasteiger charge is 2.20. The molecule has 0 aliphatic rings. The number of pyridine rings is 1. The summed E-state index contributed by atoms with van der Waals surface area (Å²) in [5, 5.41) is 24.8. The number of aliphatic carboxylic acids is 1. The van der Waals surface area contributed by atoms with Crippen LogP contribution in [0.5, 0.6) is 5.75 Å². The van der Waals surface area contributed by atoms with E-state index in [2.05, 4.69) is 10.6 Å². The molecule has 166 valence electrons. The third kappa shape index (κ3) is 5.89. The van der Waals surface area contributed by atoms with Crippen LogP contribution >= 0.6 is 11.6 Å². The van der Waals surface area contributed by atoms with E-state index in [1.807, 2.05) is 6.92 Å². The number of aromatic nitrogens is 1. The number of carboxylic acid groups (broad SMARTS) is 1. The van der Waals surface area contributed by atoms with Gasteiger partial charge in [0.05, 0.1) is 19.0 Å². The Balaban J connectivity index is 1.80. The molecule has 3 rings (SSSR count). The Morgan fingerprint density at radius 3 is 2.50 bits per heavy atom. The Morgan fingerprint density at radius 2 is 1.84 bits per heavy atom. The van der Waals surface area contributed by atoms with E-state index in [0.29, 0.717) is 10.6 Å². The summed E-state index contributed by atoms with van der Waals surface area (Å²) < 4.78 is 1.32. The molecule has 1 aromatic heterocycles. The first-order valence-corrected chi connectivity index (χ1v) is 10.1. The van der Waals surface area contributed by atoms with E-state index in [1.165, 1.54) is 16.8 Å². The van der Waals surface area contributed by atoms with Gasteiger partial charge in [0.25, 0.3) is 5.56 Å². The molecule has 9 heteroatoms. The van der Waals surface area contributed by atoms with Crippen molar-refractivity contribution in [1.82, 2.24) is 9.88 Å². The number of halogens is 1. The van der Waals surface area contributed by atoms with Crippen LogP contribution in [0, 0.1) is 6.92 Å². The van der Waals surface area contributed by atoms with E-state index in [0.717, 1.165) is 11.1 Å². The summed E-state index contributed by atoms with van der Waals surface area (Å²) in [7, 11) is 0. The summed E-state index contributed by atoms with van der Waals surface area (Å²) in [4.78, 5) is 36.7. The maximum absolute atomic E-state index is 12.8. The molecule has 1 heterocycles. The molecular formula is C23H22ClN3O5. The summed E-state index contributed by atoms with van der Waals surface area (Å²) >= 11 is 5.99. The predicted molar refractivity (Wildman–Crippen MR) is 121 cm³/mol. The number of carboxylic acids is 1. The van der Waals surface area contributed by atoms with Gasteiger partial charge in [-0.3, -0.25) is 9.59 Å².